The van der Waals surface area contributed by atoms with Crippen molar-refractivity contribution in [3.63, 3.8) is 0 Å². The second-order valence-electron chi connectivity index (χ2n) is 6.22. The minimum atomic E-state index is -0.857. The summed E-state index contributed by atoms with van der Waals surface area (Å²) in [6.45, 7) is 3.38. The minimum absolute atomic E-state index is 0.0109. The Morgan fingerprint density at radius 3 is 2.46 bits per heavy atom. The molecule has 0 aliphatic carbocycles. The Bertz CT molecular complexity index is 895. The third-order valence-electron chi connectivity index (χ3n) is 3.84. The Labute approximate surface area is 137 Å². The molecule has 0 spiro atoms. The number of aryl methyl sites for hydroxylation is 1. The van der Waals surface area contributed by atoms with Crippen molar-refractivity contribution < 1.29 is 9.59 Å². The van der Waals surface area contributed by atoms with Gasteiger partial charge in [-0.3, -0.25) is 24.3 Å². The Morgan fingerprint density at radius 2 is 1.83 bits per heavy atom. The Balaban J connectivity index is 2.07. The van der Waals surface area contributed by atoms with Crippen LogP contribution in [0.4, 0.5) is 0 Å². The standard InChI is InChI=1S/C16H20N4O4/c1-16(2,15(17)24)9-18-12(21)7-8-20-14(23)11-6-4-3-5-10(11)13(22)19-20/h3-6H,7-9H2,1-2H3,(H2,17,24)(H,18,21)(H,19,22). The number of benzene rings is 1. The van der Waals surface area contributed by atoms with Crippen LogP contribution in [0.2, 0.25) is 0 Å². The lowest BCUT2D eigenvalue weighted by Crippen LogP contribution is -2.42. The molecule has 128 valence electrons. The molecule has 2 amide bonds. The van der Waals surface area contributed by atoms with E-state index in [-0.39, 0.29) is 36.5 Å². The van der Waals surface area contributed by atoms with Crippen LogP contribution >= 0.6 is 0 Å². The van der Waals surface area contributed by atoms with Crippen LogP contribution in [0.3, 0.4) is 0 Å². The van der Waals surface area contributed by atoms with Crippen LogP contribution < -0.4 is 22.2 Å². The van der Waals surface area contributed by atoms with Gasteiger partial charge in [0.05, 0.1) is 22.7 Å². The number of amides is 2. The summed E-state index contributed by atoms with van der Waals surface area (Å²) in [5.41, 5.74) is 3.62. The van der Waals surface area contributed by atoms with Gasteiger partial charge in [0.25, 0.3) is 11.1 Å². The average molecular weight is 332 g/mol. The van der Waals surface area contributed by atoms with E-state index in [0.717, 1.165) is 4.68 Å². The lowest BCUT2D eigenvalue weighted by molar-refractivity contribution is -0.127. The van der Waals surface area contributed by atoms with Gasteiger partial charge in [-0.1, -0.05) is 12.1 Å². The van der Waals surface area contributed by atoms with Crippen LogP contribution in [0.1, 0.15) is 20.3 Å². The lowest BCUT2D eigenvalue weighted by atomic mass is 9.93. The molecule has 0 bridgehead atoms. The minimum Gasteiger partial charge on any atom is -0.369 e. The van der Waals surface area contributed by atoms with Gasteiger partial charge in [-0.15, -0.1) is 0 Å². The largest absolute Gasteiger partial charge is 0.369 e. The van der Waals surface area contributed by atoms with Gasteiger partial charge in [0.1, 0.15) is 0 Å². The zero-order valence-electron chi connectivity index (χ0n) is 13.6. The first-order chi connectivity index (χ1) is 11.2. The van der Waals surface area contributed by atoms with Crippen molar-refractivity contribution in [1.82, 2.24) is 15.1 Å². The molecule has 0 aliphatic heterocycles. The topological polar surface area (TPSA) is 127 Å². The van der Waals surface area contributed by atoms with E-state index in [9.17, 15) is 19.2 Å². The number of nitrogens with one attached hydrogen (secondary N) is 2. The van der Waals surface area contributed by atoms with Crippen molar-refractivity contribution in [3.8, 4) is 0 Å². The first-order valence-electron chi connectivity index (χ1n) is 7.51. The number of hydrogen-bond donors (Lipinski definition) is 3. The first-order valence-corrected chi connectivity index (χ1v) is 7.51. The normalized spacial score (nSPS) is 11.4. The highest BCUT2D eigenvalue weighted by molar-refractivity contribution is 5.82. The second-order valence-corrected chi connectivity index (χ2v) is 6.22. The van der Waals surface area contributed by atoms with Crippen LogP contribution in [-0.4, -0.2) is 28.1 Å². The molecular formula is C16H20N4O4. The molecule has 1 aromatic heterocycles. The smallest absolute Gasteiger partial charge is 0.273 e. The number of primary amides is 1. The van der Waals surface area contributed by atoms with E-state index in [1.807, 2.05) is 0 Å². The fourth-order valence-electron chi connectivity index (χ4n) is 2.11. The monoisotopic (exact) mass is 332 g/mol. The van der Waals surface area contributed by atoms with E-state index in [4.69, 9.17) is 5.73 Å². The van der Waals surface area contributed by atoms with E-state index < -0.39 is 11.3 Å². The van der Waals surface area contributed by atoms with Crippen LogP contribution in [-0.2, 0) is 16.1 Å². The summed E-state index contributed by atoms with van der Waals surface area (Å²) >= 11 is 0. The molecule has 24 heavy (non-hydrogen) atoms. The van der Waals surface area contributed by atoms with E-state index in [2.05, 4.69) is 10.4 Å². The summed E-state index contributed by atoms with van der Waals surface area (Å²) in [7, 11) is 0. The molecule has 0 unspecified atom stereocenters. The maximum atomic E-state index is 12.3. The van der Waals surface area contributed by atoms with Crippen molar-refractivity contribution in [1.29, 1.82) is 0 Å². The van der Waals surface area contributed by atoms with Gasteiger partial charge in [0.15, 0.2) is 0 Å². The third kappa shape index (κ3) is 3.70. The molecule has 0 aliphatic rings. The number of hydrogen-bond acceptors (Lipinski definition) is 4. The van der Waals surface area contributed by atoms with E-state index in [1.165, 1.54) is 0 Å². The first kappa shape index (κ1) is 17.5. The molecule has 2 aromatic rings. The Morgan fingerprint density at radius 1 is 1.21 bits per heavy atom. The van der Waals surface area contributed by atoms with Crippen molar-refractivity contribution in [3.05, 3.63) is 45.0 Å². The van der Waals surface area contributed by atoms with Gasteiger partial charge in [-0.25, -0.2) is 4.68 Å². The summed E-state index contributed by atoms with van der Waals surface area (Å²) < 4.78 is 1.11. The summed E-state index contributed by atoms with van der Waals surface area (Å²) in [5, 5.41) is 5.67. The number of aromatic nitrogens is 2. The molecule has 0 fully saturated rings. The molecule has 0 atom stereocenters. The van der Waals surface area contributed by atoms with Gasteiger partial charge < -0.3 is 11.1 Å². The highest BCUT2D eigenvalue weighted by Gasteiger charge is 2.25. The molecule has 8 nitrogen and oxygen atoms in total. The number of nitrogens with zero attached hydrogens (tertiary/aromatic N) is 1. The molecule has 8 heteroatoms. The quantitative estimate of drug-likeness (QED) is 0.671. The van der Waals surface area contributed by atoms with Gasteiger partial charge in [0, 0.05) is 13.0 Å². The number of rotatable bonds is 6. The number of fused-ring (bicyclic) bond motifs is 1. The van der Waals surface area contributed by atoms with E-state index in [0.29, 0.717) is 10.8 Å². The molecule has 0 saturated heterocycles. The summed E-state index contributed by atoms with van der Waals surface area (Å²) in [6, 6.07) is 6.48. The average Bonchev–Trinajstić information content (AvgIpc) is 2.55. The predicted octanol–water partition coefficient (Wildman–Crippen LogP) is -0.292. The summed E-state index contributed by atoms with van der Waals surface area (Å²) in [6.07, 6.45) is -0.0109. The number of H-pyrrole nitrogens is 1. The van der Waals surface area contributed by atoms with E-state index in [1.54, 1.807) is 38.1 Å². The van der Waals surface area contributed by atoms with Gasteiger partial charge in [0.2, 0.25) is 11.8 Å². The van der Waals surface area contributed by atoms with Crippen LogP contribution in [0, 0.1) is 5.41 Å². The fourth-order valence-corrected chi connectivity index (χ4v) is 2.11. The maximum absolute atomic E-state index is 12.3. The molecule has 2 rings (SSSR count). The van der Waals surface area contributed by atoms with Gasteiger partial charge in [-0.2, -0.15) is 0 Å². The highest BCUT2D eigenvalue weighted by Crippen LogP contribution is 2.11. The van der Waals surface area contributed by atoms with E-state index >= 15 is 0 Å². The molecule has 1 aromatic carbocycles. The molecule has 0 radical (unpaired) electrons. The number of carbonyl (C=O) groups excluding carboxylic acids is 2. The number of carbonyl (C=O) groups is 2. The Hall–Kier alpha value is -2.90. The van der Waals surface area contributed by atoms with Crippen LogP contribution in [0.25, 0.3) is 10.8 Å². The molecule has 4 N–H and O–H groups in total. The van der Waals surface area contributed by atoms with Crippen molar-refractivity contribution >= 4 is 22.6 Å². The second kappa shape index (κ2) is 6.69. The van der Waals surface area contributed by atoms with Crippen molar-refractivity contribution in [2.75, 3.05) is 6.54 Å². The van der Waals surface area contributed by atoms with Crippen LogP contribution in [0.5, 0.6) is 0 Å². The Kier molecular flexibility index (Phi) is 4.87. The molecule has 1 heterocycles. The number of aromatic amines is 1. The zero-order valence-corrected chi connectivity index (χ0v) is 13.6. The zero-order chi connectivity index (χ0) is 17.9. The molecule has 0 saturated carbocycles. The third-order valence-corrected chi connectivity index (χ3v) is 3.84. The van der Waals surface area contributed by atoms with Gasteiger partial charge >= 0.3 is 0 Å². The number of nitrogens with two attached hydrogens (primary N) is 1. The fraction of sp³-hybridized carbons (Fsp3) is 0.375. The maximum Gasteiger partial charge on any atom is 0.273 e. The summed E-state index contributed by atoms with van der Waals surface area (Å²) in [4.78, 5) is 47.3. The van der Waals surface area contributed by atoms with Crippen LogP contribution in [0.15, 0.2) is 33.9 Å². The van der Waals surface area contributed by atoms with Gasteiger partial charge in [-0.05, 0) is 26.0 Å². The molecular weight excluding hydrogens is 312 g/mol. The predicted molar refractivity (Wildman–Crippen MR) is 89.4 cm³/mol. The lowest BCUT2D eigenvalue weighted by Gasteiger charge is -2.20. The SMILES string of the molecule is CC(C)(CNC(=O)CCn1[nH]c(=O)c2ccccc2c1=O)C(N)=O. The van der Waals surface area contributed by atoms with Crippen molar-refractivity contribution in [2.45, 2.75) is 26.8 Å². The van der Waals surface area contributed by atoms with Crippen molar-refractivity contribution in [2.24, 2.45) is 11.1 Å². The highest BCUT2D eigenvalue weighted by atomic mass is 16.2. The summed E-state index contributed by atoms with van der Waals surface area (Å²) in [5.74, 6) is -0.858.